The summed E-state index contributed by atoms with van der Waals surface area (Å²) in [6.07, 6.45) is 4.24. The van der Waals surface area contributed by atoms with Crippen LogP contribution in [-0.2, 0) is 9.53 Å². The second kappa shape index (κ2) is 7.93. The maximum absolute atomic E-state index is 13.3. The molecule has 6 nitrogen and oxygen atoms in total. The third-order valence-electron chi connectivity index (χ3n) is 4.90. The van der Waals surface area contributed by atoms with Gasteiger partial charge in [0.05, 0.1) is 17.3 Å². The highest BCUT2D eigenvalue weighted by Crippen LogP contribution is 2.30. The highest BCUT2D eigenvalue weighted by molar-refractivity contribution is 7.15. The van der Waals surface area contributed by atoms with Crippen LogP contribution in [-0.4, -0.2) is 45.4 Å². The van der Waals surface area contributed by atoms with Gasteiger partial charge in [0, 0.05) is 23.7 Å². The zero-order valence-corrected chi connectivity index (χ0v) is 17.0. The van der Waals surface area contributed by atoms with E-state index in [1.165, 1.54) is 11.3 Å². The number of rotatable bonds is 4. The minimum atomic E-state index is -0.525. The lowest BCUT2D eigenvalue weighted by Gasteiger charge is -2.33. The Morgan fingerprint density at radius 3 is 2.93 bits per heavy atom. The van der Waals surface area contributed by atoms with Crippen molar-refractivity contribution in [3.05, 3.63) is 46.6 Å². The molecule has 4 rings (SSSR count). The van der Waals surface area contributed by atoms with E-state index in [9.17, 15) is 9.59 Å². The monoisotopic (exact) mass is 417 g/mol. The molecule has 0 radical (unpaired) electrons. The zero-order valence-electron chi connectivity index (χ0n) is 15.4. The second-order valence-corrected chi connectivity index (χ2v) is 7.89. The largest absolute Gasteiger partial charge is 0.464 e. The number of carbonyl (C=O) groups is 2. The average Bonchev–Trinajstić information content (AvgIpc) is 3.29. The van der Waals surface area contributed by atoms with Crippen molar-refractivity contribution in [3.63, 3.8) is 0 Å². The van der Waals surface area contributed by atoms with Crippen molar-refractivity contribution in [2.75, 3.05) is 13.2 Å². The third kappa shape index (κ3) is 3.40. The average molecular weight is 418 g/mol. The number of aromatic nitrogens is 2. The minimum Gasteiger partial charge on any atom is -0.464 e. The lowest BCUT2D eigenvalue weighted by atomic mass is 10.0. The van der Waals surface area contributed by atoms with Gasteiger partial charge in [0.15, 0.2) is 4.96 Å². The first-order chi connectivity index (χ1) is 13.6. The number of benzene rings is 1. The number of hydrogen-bond acceptors (Lipinski definition) is 5. The van der Waals surface area contributed by atoms with Crippen molar-refractivity contribution < 1.29 is 14.3 Å². The number of amides is 1. The number of nitrogens with zero attached hydrogens (tertiary/aromatic N) is 3. The van der Waals surface area contributed by atoms with E-state index in [0.29, 0.717) is 40.9 Å². The first kappa shape index (κ1) is 19.0. The molecule has 1 aromatic carbocycles. The lowest BCUT2D eigenvalue weighted by Crippen LogP contribution is -2.48. The van der Waals surface area contributed by atoms with Gasteiger partial charge in [0.25, 0.3) is 5.91 Å². The van der Waals surface area contributed by atoms with Crippen LogP contribution in [0, 0.1) is 0 Å². The highest BCUT2D eigenvalue weighted by Gasteiger charge is 2.34. The van der Waals surface area contributed by atoms with Gasteiger partial charge in [-0.15, -0.1) is 11.3 Å². The van der Waals surface area contributed by atoms with Crippen molar-refractivity contribution in [1.82, 2.24) is 14.3 Å². The lowest BCUT2D eigenvalue weighted by molar-refractivity contribution is -0.149. The zero-order chi connectivity index (χ0) is 19.7. The molecule has 8 heteroatoms. The van der Waals surface area contributed by atoms with Gasteiger partial charge in [-0.05, 0) is 32.3 Å². The van der Waals surface area contributed by atoms with Crippen LogP contribution >= 0.6 is 22.9 Å². The van der Waals surface area contributed by atoms with Gasteiger partial charge in [0.1, 0.15) is 11.7 Å². The van der Waals surface area contributed by atoms with E-state index in [1.807, 2.05) is 30.5 Å². The molecule has 1 fully saturated rings. The number of carbonyl (C=O) groups excluding carboxylic acids is 2. The van der Waals surface area contributed by atoms with Gasteiger partial charge in [-0.3, -0.25) is 9.20 Å². The fraction of sp³-hybridized carbons (Fsp3) is 0.350. The molecule has 3 heterocycles. The van der Waals surface area contributed by atoms with Gasteiger partial charge in [-0.1, -0.05) is 29.8 Å². The van der Waals surface area contributed by atoms with E-state index in [2.05, 4.69) is 4.98 Å². The van der Waals surface area contributed by atoms with E-state index in [0.717, 1.165) is 18.4 Å². The summed E-state index contributed by atoms with van der Waals surface area (Å²) in [7, 11) is 0. The molecule has 3 aromatic rings. The molecular formula is C20H20ClN3O3S. The topological polar surface area (TPSA) is 63.9 Å². The fourth-order valence-corrected chi connectivity index (χ4v) is 4.62. The third-order valence-corrected chi connectivity index (χ3v) is 6.07. The van der Waals surface area contributed by atoms with Crippen molar-refractivity contribution in [2.24, 2.45) is 0 Å². The Labute approximate surface area is 171 Å². The van der Waals surface area contributed by atoms with Crippen LogP contribution in [0.2, 0.25) is 5.02 Å². The van der Waals surface area contributed by atoms with Gasteiger partial charge in [-0.2, -0.15) is 0 Å². The SMILES string of the molecule is CCOC(=O)[C@H]1CCCCN1C(=O)c1csc2nc(-c3ccccc3Cl)cn12. The Hall–Kier alpha value is -2.38. The molecule has 0 bridgehead atoms. The standard InChI is InChI=1S/C20H20ClN3O3S/c1-2-27-19(26)16-9-5-6-10-23(16)18(25)17-12-28-20-22-15(11-24(17)20)13-7-3-4-8-14(13)21/h3-4,7-8,11-12,16H,2,5-6,9-10H2,1H3/t16-/m1/s1. The number of halogens is 1. The summed E-state index contributed by atoms with van der Waals surface area (Å²) in [4.78, 5) is 32.5. The minimum absolute atomic E-state index is 0.174. The first-order valence-electron chi connectivity index (χ1n) is 9.29. The summed E-state index contributed by atoms with van der Waals surface area (Å²) >= 11 is 7.68. The number of hydrogen-bond donors (Lipinski definition) is 0. The molecule has 1 saturated heterocycles. The number of ether oxygens (including phenoxy) is 1. The van der Waals surface area contributed by atoms with Crippen LogP contribution in [0.3, 0.4) is 0 Å². The summed E-state index contributed by atoms with van der Waals surface area (Å²) in [5.74, 6) is -0.503. The van der Waals surface area contributed by atoms with Crippen LogP contribution in [0.25, 0.3) is 16.2 Å². The van der Waals surface area contributed by atoms with E-state index < -0.39 is 6.04 Å². The summed E-state index contributed by atoms with van der Waals surface area (Å²) in [6.45, 7) is 2.63. The molecule has 0 spiro atoms. The first-order valence-corrected chi connectivity index (χ1v) is 10.5. The van der Waals surface area contributed by atoms with Crippen LogP contribution in [0.1, 0.15) is 36.7 Å². The Kier molecular flexibility index (Phi) is 5.37. The molecule has 2 aromatic heterocycles. The van der Waals surface area contributed by atoms with Crippen LogP contribution < -0.4 is 0 Å². The fourth-order valence-electron chi connectivity index (χ4n) is 3.54. The van der Waals surface area contributed by atoms with Crippen molar-refractivity contribution >= 4 is 39.8 Å². The van der Waals surface area contributed by atoms with Crippen molar-refractivity contribution in [2.45, 2.75) is 32.2 Å². The predicted octanol–water partition coefficient (Wildman–Crippen LogP) is 4.27. The van der Waals surface area contributed by atoms with Crippen LogP contribution in [0.15, 0.2) is 35.8 Å². The molecular weight excluding hydrogens is 398 g/mol. The van der Waals surface area contributed by atoms with Crippen LogP contribution in [0.4, 0.5) is 0 Å². The van der Waals surface area contributed by atoms with Gasteiger partial charge < -0.3 is 9.64 Å². The summed E-state index contributed by atoms with van der Waals surface area (Å²) in [6, 6.07) is 6.96. The second-order valence-electron chi connectivity index (χ2n) is 6.64. The van der Waals surface area contributed by atoms with Crippen LogP contribution in [0.5, 0.6) is 0 Å². The number of fused-ring (bicyclic) bond motifs is 1. The highest BCUT2D eigenvalue weighted by atomic mass is 35.5. The maximum atomic E-state index is 13.3. The summed E-state index contributed by atoms with van der Waals surface area (Å²) < 4.78 is 6.96. The van der Waals surface area contributed by atoms with Gasteiger partial charge >= 0.3 is 5.97 Å². The van der Waals surface area contributed by atoms with Gasteiger partial charge in [-0.25, -0.2) is 9.78 Å². The maximum Gasteiger partial charge on any atom is 0.328 e. The molecule has 146 valence electrons. The molecule has 0 unspecified atom stereocenters. The smallest absolute Gasteiger partial charge is 0.328 e. The molecule has 1 amide bonds. The molecule has 28 heavy (non-hydrogen) atoms. The predicted molar refractivity (Wildman–Crippen MR) is 109 cm³/mol. The van der Waals surface area contributed by atoms with Crippen molar-refractivity contribution in [1.29, 1.82) is 0 Å². The number of likely N-dealkylation sites (tertiary alicyclic amines) is 1. The summed E-state index contributed by atoms with van der Waals surface area (Å²) in [5, 5.41) is 2.40. The van der Waals surface area contributed by atoms with E-state index >= 15 is 0 Å². The number of esters is 1. The number of piperidine rings is 1. The molecule has 1 aliphatic rings. The summed E-state index contributed by atoms with van der Waals surface area (Å²) in [5.41, 5.74) is 2.04. The Balaban J connectivity index is 1.67. The Morgan fingerprint density at radius 2 is 2.14 bits per heavy atom. The molecule has 1 aliphatic heterocycles. The molecule has 0 saturated carbocycles. The van der Waals surface area contributed by atoms with Crippen molar-refractivity contribution in [3.8, 4) is 11.3 Å². The quantitative estimate of drug-likeness (QED) is 0.594. The number of imidazole rings is 1. The van der Waals surface area contributed by atoms with E-state index in [1.54, 1.807) is 21.6 Å². The van der Waals surface area contributed by atoms with E-state index in [-0.39, 0.29) is 11.9 Å². The molecule has 0 aliphatic carbocycles. The molecule has 1 atom stereocenters. The number of thiazole rings is 1. The Morgan fingerprint density at radius 1 is 1.32 bits per heavy atom. The Bertz CT molecular complexity index is 1030. The van der Waals surface area contributed by atoms with E-state index in [4.69, 9.17) is 16.3 Å². The van der Waals surface area contributed by atoms with Gasteiger partial charge in [0.2, 0.25) is 0 Å². The normalized spacial score (nSPS) is 17.1. The molecule has 0 N–H and O–H groups in total.